The smallest absolute Gasteiger partial charge is 0.275 e. The zero-order chi connectivity index (χ0) is 22.4. The first-order valence-electron chi connectivity index (χ1n) is 9.89. The summed E-state index contributed by atoms with van der Waals surface area (Å²) in [5, 5.41) is 10.9. The van der Waals surface area contributed by atoms with E-state index in [4.69, 9.17) is 0 Å². The van der Waals surface area contributed by atoms with Gasteiger partial charge in [-0.15, -0.1) is 0 Å². The Kier molecular flexibility index (Phi) is 5.11. The molecular weight excluding hydrogens is 412 g/mol. The molecule has 0 bridgehead atoms. The second-order valence-corrected chi connectivity index (χ2v) is 10.1. The van der Waals surface area contributed by atoms with Crippen LogP contribution in [-0.2, 0) is 28.4 Å². The van der Waals surface area contributed by atoms with E-state index in [-0.39, 0.29) is 16.8 Å². The maximum absolute atomic E-state index is 13.2. The van der Waals surface area contributed by atoms with Gasteiger partial charge in [0.25, 0.3) is 5.56 Å². The van der Waals surface area contributed by atoms with Gasteiger partial charge in [0.2, 0.25) is 10.0 Å². The molecule has 0 fully saturated rings. The fourth-order valence-corrected chi connectivity index (χ4v) is 5.17. The van der Waals surface area contributed by atoms with Gasteiger partial charge in [-0.05, 0) is 42.7 Å². The molecule has 0 amide bonds. The highest BCUT2D eigenvalue weighted by Gasteiger charge is 2.22. The Morgan fingerprint density at radius 2 is 1.71 bits per heavy atom. The number of benzene rings is 2. The number of aryl methyl sites for hydroxylation is 1. The Labute approximate surface area is 181 Å². The highest BCUT2D eigenvalue weighted by molar-refractivity contribution is 7.89. The molecule has 4 rings (SSSR count). The van der Waals surface area contributed by atoms with Gasteiger partial charge in [-0.3, -0.25) is 4.79 Å². The lowest BCUT2D eigenvalue weighted by Crippen LogP contribution is -2.23. The van der Waals surface area contributed by atoms with Crippen LogP contribution in [0.4, 0.5) is 0 Å². The quantitative estimate of drug-likeness (QED) is 0.518. The average Bonchev–Trinajstić information content (AvgIpc) is 3.17. The summed E-state index contributed by atoms with van der Waals surface area (Å²) in [5.74, 6) is -0.209. The van der Waals surface area contributed by atoms with Crippen molar-refractivity contribution in [1.82, 2.24) is 8.54 Å². The van der Waals surface area contributed by atoms with E-state index in [9.17, 15) is 18.3 Å². The summed E-state index contributed by atoms with van der Waals surface area (Å²) in [6.45, 7) is 3.41. The van der Waals surface area contributed by atoms with Crippen molar-refractivity contribution in [2.45, 2.75) is 25.2 Å². The number of fused-ring (bicyclic) bond motifs is 1. The monoisotopic (exact) mass is 436 g/mol. The second-order valence-electron chi connectivity index (χ2n) is 8.21. The predicted octanol–water partition coefficient (Wildman–Crippen LogP) is 3.61. The summed E-state index contributed by atoms with van der Waals surface area (Å²) in [5.41, 5.74) is 1.58. The maximum atomic E-state index is 13.2. The molecule has 0 saturated carbocycles. The molecule has 0 saturated heterocycles. The fraction of sp³-hybridized carbons (Fsp3) is 0.208. The Bertz CT molecular complexity index is 1430. The Morgan fingerprint density at radius 3 is 2.39 bits per heavy atom. The summed E-state index contributed by atoms with van der Waals surface area (Å²) < 4.78 is 28.8. The second kappa shape index (κ2) is 7.51. The van der Waals surface area contributed by atoms with E-state index in [2.05, 4.69) is 0 Å². The average molecular weight is 437 g/mol. The van der Waals surface area contributed by atoms with Crippen LogP contribution in [-0.4, -0.2) is 22.1 Å². The van der Waals surface area contributed by atoms with Gasteiger partial charge in [-0.2, -0.15) is 0 Å². The topological polar surface area (TPSA) is 81.3 Å². The van der Waals surface area contributed by atoms with Crippen molar-refractivity contribution < 1.29 is 13.5 Å². The van der Waals surface area contributed by atoms with Gasteiger partial charge in [0.05, 0.1) is 11.4 Å². The number of aromatic nitrogens is 2. The molecule has 7 heteroatoms. The molecule has 0 radical (unpaired) electrons. The summed E-state index contributed by atoms with van der Waals surface area (Å²) in [7, 11) is -2.20. The van der Waals surface area contributed by atoms with Crippen LogP contribution in [0.3, 0.4) is 0 Å². The van der Waals surface area contributed by atoms with Gasteiger partial charge in [0, 0.05) is 30.4 Å². The molecule has 4 aromatic rings. The maximum Gasteiger partial charge on any atom is 0.275 e. The molecule has 1 N–H and O–H groups in total. The first-order chi connectivity index (χ1) is 14.6. The fourth-order valence-electron chi connectivity index (χ4n) is 3.71. The molecule has 160 valence electrons. The third-order valence-electron chi connectivity index (χ3n) is 5.36. The number of pyridine rings is 1. The zero-order valence-corrected chi connectivity index (χ0v) is 18.4. The van der Waals surface area contributed by atoms with E-state index in [1.54, 1.807) is 57.4 Å². The molecule has 31 heavy (non-hydrogen) atoms. The minimum Gasteiger partial charge on any atom is -0.386 e. The lowest BCUT2D eigenvalue weighted by Gasteiger charge is -2.19. The zero-order valence-electron chi connectivity index (χ0n) is 17.6. The van der Waals surface area contributed by atoms with Crippen molar-refractivity contribution in [2.75, 3.05) is 0 Å². The van der Waals surface area contributed by atoms with Gasteiger partial charge in [-0.1, -0.05) is 48.5 Å². The van der Waals surface area contributed by atoms with Crippen molar-refractivity contribution in [2.24, 2.45) is 7.05 Å². The third kappa shape index (κ3) is 3.94. The molecule has 0 spiro atoms. The van der Waals surface area contributed by atoms with Crippen LogP contribution in [0, 0.1) is 0 Å². The number of rotatable bonds is 5. The number of nitrogens with zero attached hydrogens (tertiary/aromatic N) is 2. The van der Waals surface area contributed by atoms with E-state index in [0.717, 1.165) is 20.7 Å². The summed E-state index contributed by atoms with van der Waals surface area (Å²) in [6.07, 6.45) is 3.13. The normalized spacial score (nSPS) is 12.4. The lowest BCUT2D eigenvalue weighted by molar-refractivity contribution is 0.0786. The predicted molar refractivity (Wildman–Crippen MR) is 122 cm³/mol. The van der Waals surface area contributed by atoms with Gasteiger partial charge >= 0.3 is 0 Å². The van der Waals surface area contributed by atoms with Crippen LogP contribution < -0.4 is 5.56 Å². The Hall–Kier alpha value is -3.16. The first-order valence-corrected chi connectivity index (χ1v) is 11.5. The standard InChI is InChI=1S/C24H24N2O4S/c1-24(2,28)19-11-7-10-18(14-19)21-15-25(3)23(27)22-20(21)12-13-26(22)31(29,30)16-17-8-5-4-6-9-17/h4-15,28H,16H2,1-3H3. The van der Waals surface area contributed by atoms with E-state index >= 15 is 0 Å². The summed E-state index contributed by atoms with van der Waals surface area (Å²) in [6, 6.07) is 17.9. The van der Waals surface area contributed by atoms with Crippen LogP contribution >= 0.6 is 0 Å². The minimum atomic E-state index is -3.80. The summed E-state index contributed by atoms with van der Waals surface area (Å²) >= 11 is 0. The number of hydrogen-bond acceptors (Lipinski definition) is 4. The van der Waals surface area contributed by atoms with Crippen LogP contribution in [0.2, 0.25) is 0 Å². The van der Waals surface area contributed by atoms with Crippen molar-refractivity contribution in [3.05, 3.63) is 94.5 Å². The Balaban J connectivity index is 1.92. The van der Waals surface area contributed by atoms with Gasteiger partial charge < -0.3 is 9.67 Å². The molecule has 0 atom stereocenters. The first kappa shape index (κ1) is 21.1. The molecule has 6 nitrogen and oxygen atoms in total. The van der Waals surface area contributed by atoms with Gasteiger partial charge in [0.15, 0.2) is 0 Å². The number of hydrogen-bond donors (Lipinski definition) is 1. The largest absolute Gasteiger partial charge is 0.386 e. The lowest BCUT2D eigenvalue weighted by atomic mass is 9.94. The van der Waals surface area contributed by atoms with E-state index in [0.29, 0.717) is 10.9 Å². The SMILES string of the molecule is Cn1cc(-c2cccc(C(C)(C)O)c2)c2ccn(S(=O)(=O)Cc3ccccc3)c2c1=O. The van der Waals surface area contributed by atoms with Gasteiger partial charge in [-0.25, -0.2) is 12.4 Å². The summed E-state index contributed by atoms with van der Waals surface area (Å²) in [4.78, 5) is 13.0. The van der Waals surface area contributed by atoms with Crippen LogP contribution in [0.15, 0.2) is 77.9 Å². The van der Waals surface area contributed by atoms with E-state index in [1.807, 2.05) is 30.3 Å². The van der Waals surface area contributed by atoms with Crippen molar-refractivity contribution >= 4 is 20.9 Å². The molecule has 0 aliphatic carbocycles. The molecule has 0 aliphatic heterocycles. The molecular formula is C24H24N2O4S. The van der Waals surface area contributed by atoms with Crippen molar-refractivity contribution in [1.29, 1.82) is 0 Å². The highest BCUT2D eigenvalue weighted by atomic mass is 32.2. The van der Waals surface area contributed by atoms with Crippen LogP contribution in [0.1, 0.15) is 25.0 Å². The number of aliphatic hydroxyl groups is 1. The van der Waals surface area contributed by atoms with Crippen molar-refractivity contribution in [3.63, 3.8) is 0 Å². The highest BCUT2D eigenvalue weighted by Crippen LogP contribution is 2.31. The molecule has 2 aromatic heterocycles. The molecule has 2 aromatic carbocycles. The molecule has 0 aliphatic rings. The van der Waals surface area contributed by atoms with E-state index in [1.165, 1.54) is 10.8 Å². The minimum absolute atomic E-state index is 0.115. The van der Waals surface area contributed by atoms with Crippen molar-refractivity contribution in [3.8, 4) is 11.1 Å². The molecule has 2 heterocycles. The van der Waals surface area contributed by atoms with Gasteiger partial charge in [0.1, 0.15) is 5.52 Å². The molecule has 0 unspecified atom stereocenters. The van der Waals surface area contributed by atoms with Crippen LogP contribution in [0.5, 0.6) is 0 Å². The third-order valence-corrected chi connectivity index (χ3v) is 6.96. The van der Waals surface area contributed by atoms with E-state index < -0.39 is 15.6 Å². The Morgan fingerprint density at radius 1 is 1.00 bits per heavy atom. The van der Waals surface area contributed by atoms with Crippen LogP contribution in [0.25, 0.3) is 22.0 Å².